The second-order valence-electron chi connectivity index (χ2n) is 15.9. The van der Waals surface area contributed by atoms with E-state index in [-0.39, 0.29) is 42.6 Å². The molecule has 0 aliphatic carbocycles. The molecule has 0 spiro atoms. The summed E-state index contributed by atoms with van der Waals surface area (Å²) in [6, 6.07) is 26.9. The van der Waals surface area contributed by atoms with Crippen LogP contribution < -0.4 is 16.0 Å². The van der Waals surface area contributed by atoms with Crippen LogP contribution in [-0.2, 0) is 27.2 Å². The number of carbonyl (C=O) groups excluding carboxylic acids is 3. The van der Waals surface area contributed by atoms with E-state index in [0.29, 0.717) is 25.7 Å². The lowest BCUT2D eigenvalue weighted by atomic mass is 9.87. The Bertz CT molecular complexity index is 1720. The fourth-order valence-corrected chi connectivity index (χ4v) is 7.59. The van der Waals surface area contributed by atoms with Crippen LogP contribution in [0.5, 0.6) is 0 Å². The van der Waals surface area contributed by atoms with Crippen molar-refractivity contribution in [3.05, 3.63) is 96.1 Å². The molecule has 0 radical (unpaired) electrons. The van der Waals surface area contributed by atoms with E-state index in [0.717, 1.165) is 71.2 Å². The molecule has 0 heterocycles. The number of nitrogens with one attached hydrogen (secondary N) is 3. The number of hydrogen-bond acceptors (Lipinski definition) is 5. The molecule has 0 fully saturated rings. The number of aliphatic hydroxyl groups excluding tert-OH is 2. The molecule has 1 unspecified atom stereocenters. The number of rotatable bonds is 23. The summed E-state index contributed by atoms with van der Waals surface area (Å²) in [6.07, 6.45) is 6.33. The van der Waals surface area contributed by atoms with Crippen LogP contribution in [0.25, 0.3) is 21.5 Å². The molecule has 8 heteroatoms. The van der Waals surface area contributed by atoms with Crippen LogP contribution in [0.15, 0.2) is 84.9 Å². The SMILES string of the molecule is CCCCCCCC(NC(=O)C(Cc1cccc2ccccc12)Cc1cccc2ccccc12)C(=O)N[C@@H](CC(C)C)[C@@H](O)CC(=O)N[C@H](CO)[C@@H](C)CC. The Morgan fingerprint density at radius 1 is 0.655 bits per heavy atom. The monoisotopic (exact) mass is 751 g/mol. The van der Waals surface area contributed by atoms with Crippen LogP contribution in [0, 0.1) is 17.8 Å². The van der Waals surface area contributed by atoms with Crippen molar-refractivity contribution in [2.75, 3.05) is 6.61 Å². The lowest BCUT2D eigenvalue weighted by molar-refractivity contribution is -0.132. The summed E-state index contributed by atoms with van der Waals surface area (Å²) in [5, 5.41) is 34.8. The van der Waals surface area contributed by atoms with Gasteiger partial charge in [0.25, 0.3) is 0 Å². The Balaban J connectivity index is 1.60. The van der Waals surface area contributed by atoms with E-state index in [1.54, 1.807) is 0 Å². The highest BCUT2D eigenvalue weighted by Gasteiger charge is 2.31. The molecular formula is C47H65N3O5. The Morgan fingerprint density at radius 2 is 1.22 bits per heavy atom. The van der Waals surface area contributed by atoms with E-state index in [2.05, 4.69) is 71.4 Å². The molecule has 4 rings (SSSR count). The van der Waals surface area contributed by atoms with Gasteiger partial charge in [0.15, 0.2) is 0 Å². The smallest absolute Gasteiger partial charge is 0.242 e. The lowest BCUT2D eigenvalue weighted by Crippen LogP contribution is -2.54. The molecule has 55 heavy (non-hydrogen) atoms. The third kappa shape index (κ3) is 13.2. The van der Waals surface area contributed by atoms with E-state index in [1.807, 2.05) is 64.1 Å². The van der Waals surface area contributed by atoms with Crippen molar-refractivity contribution >= 4 is 39.3 Å². The molecule has 3 amide bonds. The molecule has 0 saturated heterocycles. The molecule has 5 atom stereocenters. The minimum absolute atomic E-state index is 0.0732. The van der Waals surface area contributed by atoms with Gasteiger partial charge in [-0.25, -0.2) is 0 Å². The molecule has 0 aromatic heterocycles. The van der Waals surface area contributed by atoms with Gasteiger partial charge < -0.3 is 26.2 Å². The first-order valence-corrected chi connectivity index (χ1v) is 20.7. The third-order valence-electron chi connectivity index (χ3n) is 11.1. The second-order valence-corrected chi connectivity index (χ2v) is 15.9. The molecule has 0 saturated carbocycles. The topological polar surface area (TPSA) is 128 Å². The molecule has 298 valence electrons. The number of fused-ring (bicyclic) bond motifs is 2. The summed E-state index contributed by atoms with van der Waals surface area (Å²) >= 11 is 0. The van der Waals surface area contributed by atoms with E-state index < -0.39 is 30.1 Å². The molecular weight excluding hydrogens is 687 g/mol. The normalized spacial score (nSPS) is 14.4. The van der Waals surface area contributed by atoms with Crippen LogP contribution in [0.1, 0.15) is 104 Å². The van der Waals surface area contributed by atoms with E-state index in [9.17, 15) is 24.6 Å². The first-order chi connectivity index (χ1) is 26.5. The zero-order valence-electron chi connectivity index (χ0n) is 33.7. The van der Waals surface area contributed by atoms with Gasteiger partial charge in [-0.05, 0) is 70.2 Å². The number of benzene rings is 4. The van der Waals surface area contributed by atoms with Gasteiger partial charge in [0, 0.05) is 5.92 Å². The predicted octanol–water partition coefficient (Wildman–Crippen LogP) is 8.04. The highest BCUT2D eigenvalue weighted by Crippen LogP contribution is 2.27. The standard InChI is InChI=1S/C47H65N3O5/c1-6-8-9-10-11-26-41(47(55)50-42(27-32(3)4)44(52)30-45(53)48-43(31-51)33(5)7-2)49-46(54)38(28-36-22-16-20-34-18-12-14-24-39(34)36)29-37-23-17-21-35-19-13-15-25-40(35)37/h12-25,32-33,38,41-44,51-52H,6-11,26-31H2,1-5H3,(H,48,53)(H,49,54)(H,50,55)/t33-,41?,42-,43+,44-/m0/s1. The van der Waals surface area contributed by atoms with Crippen molar-refractivity contribution in [2.24, 2.45) is 17.8 Å². The zero-order valence-corrected chi connectivity index (χ0v) is 33.7. The highest BCUT2D eigenvalue weighted by molar-refractivity contribution is 5.91. The minimum atomic E-state index is -1.14. The number of aliphatic hydroxyl groups is 2. The first-order valence-electron chi connectivity index (χ1n) is 20.7. The van der Waals surface area contributed by atoms with Gasteiger partial charge in [-0.3, -0.25) is 14.4 Å². The highest BCUT2D eigenvalue weighted by atomic mass is 16.3. The van der Waals surface area contributed by atoms with Crippen LogP contribution >= 0.6 is 0 Å². The molecule has 8 nitrogen and oxygen atoms in total. The van der Waals surface area contributed by atoms with Crippen LogP contribution in [0.3, 0.4) is 0 Å². The molecule has 0 bridgehead atoms. The van der Waals surface area contributed by atoms with Crippen molar-refractivity contribution < 1.29 is 24.6 Å². The summed E-state index contributed by atoms with van der Waals surface area (Å²) < 4.78 is 0. The molecule has 5 N–H and O–H groups in total. The van der Waals surface area contributed by atoms with Crippen LogP contribution in [-0.4, -0.2) is 58.8 Å². The molecule has 0 aliphatic rings. The Hall–Kier alpha value is -4.27. The van der Waals surface area contributed by atoms with Gasteiger partial charge in [-0.1, -0.05) is 158 Å². The largest absolute Gasteiger partial charge is 0.394 e. The average molecular weight is 752 g/mol. The van der Waals surface area contributed by atoms with Crippen LogP contribution in [0.2, 0.25) is 0 Å². The Kier molecular flexibility index (Phi) is 17.6. The summed E-state index contributed by atoms with van der Waals surface area (Å²) in [4.78, 5) is 41.9. The first kappa shape index (κ1) is 43.5. The predicted molar refractivity (Wildman–Crippen MR) is 225 cm³/mol. The summed E-state index contributed by atoms with van der Waals surface area (Å²) in [5.74, 6) is -1.17. The molecule has 4 aromatic carbocycles. The molecule has 4 aromatic rings. The van der Waals surface area contributed by atoms with Crippen molar-refractivity contribution in [3.8, 4) is 0 Å². The maximum Gasteiger partial charge on any atom is 0.242 e. The van der Waals surface area contributed by atoms with Gasteiger partial charge in [-0.15, -0.1) is 0 Å². The minimum Gasteiger partial charge on any atom is -0.394 e. The lowest BCUT2D eigenvalue weighted by Gasteiger charge is -2.29. The summed E-state index contributed by atoms with van der Waals surface area (Å²) in [6.45, 7) is 9.95. The van der Waals surface area contributed by atoms with Crippen LogP contribution in [0.4, 0.5) is 0 Å². The average Bonchev–Trinajstić information content (AvgIpc) is 3.18. The number of carbonyl (C=O) groups is 3. The van der Waals surface area contributed by atoms with E-state index >= 15 is 0 Å². The number of unbranched alkanes of at least 4 members (excludes halogenated alkanes) is 4. The Morgan fingerprint density at radius 3 is 1.76 bits per heavy atom. The second kappa shape index (κ2) is 22.3. The van der Waals surface area contributed by atoms with Crippen molar-refractivity contribution in [2.45, 2.75) is 129 Å². The van der Waals surface area contributed by atoms with Crippen molar-refractivity contribution in [3.63, 3.8) is 0 Å². The van der Waals surface area contributed by atoms with Gasteiger partial charge in [-0.2, -0.15) is 0 Å². The van der Waals surface area contributed by atoms with Crippen molar-refractivity contribution in [1.82, 2.24) is 16.0 Å². The van der Waals surface area contributed by atoms with Gasteiger partial charge in [0.2, 0.25) is 17.7 Å². The van der Waals surface area contributed by atoms with Gasteiger partial charge in [0.05, 0.1) is 31.2 Å². The summed E-state index contributed by atoms with van der Waals surface area (Å²) in [5.41, 5.74) is 2.16. The Labute approximate surface area is 328 Å². The van der Waals surface area contributed by atoms with E-state index in [1.165, 1.54) is 0 Å². The zero-order chi connectivity index (χ0) is 39.7. The van der Waals surface area contributed by atoms with Gasteiger partial charge in [0.1, 0.15) is 6.04 Å². The summed E-state index contributed by atoms with van der Waals surface area (Å²) in [7, 11) is 0. The maximum atomic E-state index is 14.6. The maximum absolute atomic E-state index is 14.6. The fourth-order valence-electron chi connectivity index (χ4n) is 7.59. The fraction of sp³-hybridized carbons (Fsp3) is 0.511. The number of amides is 3. The van der Waals surface area contributed by atoms with E-state index in [4.69, 9.17) is 0 Å². The molecule has 0 aliphatic heterocycles. The third-order valence-corrected chi connectivity index (χ3v) is 11.1. The number of hydrogen-bond donors (Lipinski definition) is 5. The van der Waals surface area contributed by atoms with Gasteiger partial charge >= 0.3 is 0 Å². The quantitative estimate of drug-likeness (QED) is 0.0491. The van der Waals surface area contributed by atoms with Crippen molar-refractivity contribution in [1.29, 1.82) is 0 Å².